The molecule has 5 aliphatic rings. The number of aliphatic hydroxyl groups excluding tert-OH is 3. The number of ether oxygens (including phenoxy) is 2. The van der Waals surface area contributed by atoms with Gasteiger partial charge in [-0.1, -0.05) is 0 Å². The second kappa shape index (κ2) is 15.2. The molecule has 48 heavy (non-hydrogen) atoms. The zero-order valence-corrected chi connectivity index (χ0v) is 27.8. The van der Waals surface area contributed by atoms with Gasteiger partial charge in [0.05, 0.1) is 57.3 Å². The van der Waals surface area contributed by atoms with Crippen LogP contribution >= 0.6 is 23.5 Å². The van der Waals surface area contributed by atoms with Crippen LogP contribution in [0.4, 0.5) is 0 Å². The van der Waals surface area contributed by atoms with Gasteiger partial charge in [0.25, 0.3) is 15.6 Å². The van der Waals surface area contributed by atoms with Crippen molar-refractivity contribution in [2.75, 3.05) is 39.6 Å². The number of carbonyl (C=O) groups excluding carboxylic acids is 1. The first-order valence-corrected chi connectivity index (χ1v) is 19.4. The van der Waals surface area contributed by atoms with Crippen LogP contribution in [0.15, 0.2) is 0 Å². The summed E-state index contributed by atoms with van der Waals surface area (Å²) in [5.74, 6) is -1.02. The summed E-state index contributed by atoms with van der Waals surface area (Å²) < 4.78 is 65.9. The van der Waals surface area contributed by atoms with Crippen LogP contribution < -0.4 is 42.1 Å². The highest BCUT2D eigenvalue weighted by molar-refractivity contribution is 7.59. The first-order valence-electron chi connectivity index (χ1n) is 14.9. The standard InChI is InChI=1S/C21H42N7O17P3/c22-17-12-19(25-7-24-17)28(8-26-12)21-16(44-46(33,34)35)14(30)11(43-21)6-41-48(38,39)45-47(36,37)40-5-10-13(29)15(31)20(42-10)27-3-1-2-9(4-27)18(23)32/h9-17,19-21,24-26,29-31H,1-8,22H2,(H2,23,32)(H,36,37)(H,38,39)(H2,33,34,35)/p-1. The Labute approximate surface area is 273 Å². The number of primary amides is 1. The molecule has 0 aromatic heterocycles. The Morgan fingerprint density at radius 2 is 1.62 bits per heavy atom. The number of hydrogen-bond acceptors (Lipinski definition) is 20. The number of nitrogens with two attached hydrogens (primary N) is 2. The summed E-state index contributed by atoms with van der Waals surface area (Å²) in [6, 6.07) is -0.406. The van der Waals surface area contributed by atoms with E-state index in [2.05, 4.69) is 29.3 Å². The SMILES string of the molecule is NC(=O)C1CCC[NH+](C2OC(COP(=O)([O-])OP(=O)([O-])OCC3OC(N4CNC5C(N)NCNC54)C(OP(=O)(O)O)C3O)C(O)C2O)C1. The van der Waals surface area contributed by atoms with Crippen molar-refractivity contribution >= 4 is 29.4 Å². The van der Waals surface area contributed by atoms with Crippen LogP contribution in [0.2, 0.25) is 0 Å². The highest BCUT2D eigenvalue weighted by Crippen LogP contribution is 2.56. The third kappa shape index (κ3) is 9.06. The molecule has 5 heterocycles. The number of nitrogens with one attached hydrogen (secondary N) is 4. The molecule has 24 nitrogen and oxygen atoms in total. The van der Waals surface area contributed by atoms with E-state index in [1.54, 1.807) is 0 Å². The fourth-order valence-electron chi connectivity index (χ4n) is 6.57. The minimum Gasteiger partial charge on any atom is -0.756 e. The van der Waals surface area contributed by atoms with E-state index in [1.807, 2.05) is 0 Å². The van der Waals surface area contributed by atoms with Gasteiger partial charge in [0, 0.05) is 6.67 Å². The van der Waals surface area contributed by atoms with Gasteiger partial charge in [-0.25, -0.2) is 13.8 Å². The predicted molar refractivity (Wildman–Crippen MR) is 150 cm³/mol. The Balaban J connectivity index is 1.15. The molecule has 278 valence electrons. The van der Waals surface area contributed by atoms with E-state index in [9.17, 15) is 53.4 Å². The largest absolute Gasteiger partial charge is 0.756 e. The number of carbonyl (C=O) groups is 1. The summed E-state index contributed by atoms with van der Waals surface area (Å²) in [5, 5.41) is 40.8. The molecule has 0 spiro atoms. The minimum absolute atomic E-state index is 0.0496. The van der Waals surface area contributed by atoms with E-state index in [1.165, 1.54) is 4.90 Å². The average Bonchev–Trinajstić information content (AvgIpc) is 3.64. The molecular formula is C21H41N7O17P3-. The maximum Gasteiger partial charge on any atom is 0.470 e. The highest BCUT2D eigenvalue weighted by Gasteiger charge is 2.55. The fraction of sp³-hybridized carbons (Fsp3) is 0.952. The molecule has 27 heteroatoms. The fourth-order valence-corrected chi connectivity index (χ4v) is 9.13. The third-order valence-electron chi connectivity index (χ3n) is 8.86. The lowest BCUT2D eigenvalue weighted by Crippen LogP contribution is -3.18. The molecule has 13 N–H and O–H groups in total. The van der Waals surface area contributed by atoms with E-state index >= 15 is 0 Å². The molecule has 0 bridgehead atoms. The second-order valence-corrected chi connectivity index (χ2v) is 16.2. The van der Waals surface area contributed by atoms with Crippen molar-refractivity contribution in [1.29, 1.82) is 0 Å². The number of nitrogens with zero attached hydrogens (tertiary/aromatic N) is 1. The number of amides is 1. The van der Waals surface area contributed by atoms with Crippen LogP contribution in [-0.4, -0.2) is 143 Å². The summed E-state index contributed by atoms with van der Waals surface area (Å²) in [5.41, 5.74) is 11.4. The maximum atomic E-state index is 12.5. The summed E-state index contributed by atoms with van der Waals surface area (Å²) in [4.78, 5) is 57.4. The van der Waals surface area contributed by atoms with Gasteiger partial charge >= 0.3 is 7.82 Å². The van der Waals surface area contributed by atoms with Crippen LogP contribution in [0.1, 0.15) is 12.8 Å². The smallest absolute Gasteiger partial charge is 0.470 e. The molecule has 0 saturated carbocycles. The monoisotopic (exact) mass is 756 g/mol. The van der Waals surface area contributed by atoms with E-state index in [4.69, 9.17) is 25.5 Å². The van der Waals surface area contributed by atoms with Crippen LogP contribution in [0.5, 0.6) is 0 Å². The third-order valence-corrected chi connectivity index (χ3v) is 11.9. The van der Waals surface area contributed by atoms with Gasteiger partial charge < -0.3 is 69.8 Å². The van der Waals surface area contributed by atoms with Crippen molar-refractivity contribution in [3.63, 3.8) is 0 Å². The molecule has 0 aromatic carbocycles. The van der Waals surface area contributed by atoms with E-state index < -0.39 is 116 Å². The van der Waals surface area contributed by atoms with E-state index in [0.717, 1.165) is 0 Å². The van der Waals surface area contributed by atoms with Crippen molar-refractivity contribution in [2.45, 2.75) is 80.3 Å². The van der Waals surface area contributed by atoms with Crippen molar-refractivity contribution in [3.8, 4) is 0 Å². The maximum absolute atomic E-state index is 12.5. The molecule has 5 fully saturated rings. The van der Waals surface area contributed by atoms with Gasteiger partial charge in [0.15, 0.2) is 6.10 Å². The number of aliphatic hydroxyl groups is 3. The average molecular weight is 757 g/mol. The Morgan fingerprint density at radius 1 is 0.979 bits per heavy atom. The number of phosphoric ester groups is 3. The normalized spacial score (nSPS) is 43.5. The Hall–Kier alpha value is -0.600. The summed E-state index contributed by atoms with van der Waals surface area (Å²) >= 11 is 0. The zero-order valence-electron chi connectivity index (χ0n) is 25.2. The number of quaternary nitrogens is 1. The second-order valence-electron chi connectivity index (χ2n) is 12.1. The lowest BCUT2D eigenvalue weighted by Gasteiger charge is -2.39. The van der Waals surface area contributed by atoms with Gasteiger partial charge in [-0.05, 0) is 12.8 Å². The van der Waals surface area contributed by atoms with Crippen LogP contribution in [0.25, 0.3) is 0 Å². The molecular weight excluding hydrogens is 715 g/mol. The van der Waals surface area contributed by atoms with Gasteiger partial charge in [-0.15, -0.1) is 0 Å². The molecule has 15 atom stereocenters. The molecule has 0 radical (unpaired) electrons. The lowest BCUT2D eigenvalue weighted by atomic mass is 9.96. The summed E-state index contributed by atoms with van der Waals surface area (Å²) in [7, 11) is -16.7. The van der Waals surface area contributed by atoms with Crippen molar-refractivity contribution in [3.05, 3.63) is 0 Å². The van der Waals surface area contributed by atoms with Crippen molar-refractivity contribution in [2.24, 2.45) is 17.4 Å². The van der Waals surface area contributed by atoms with E-state index in [-0.39, 0.29) is 19.9 Å². The molecule has 0 aromatic rings. The van der Waals surface area contributed by atoms with Gasteiger partial charge in [0.1, 0.15) is 36.7 Å². The number of likely N-dealkylation sites (tertiary alicyclic amines) is 1. The highest BCUT2D eigenvalue weighted by atomic mass is 31.3. The molecule has 5 aliphatic heterocycles. The van der Waals surface area contributed by atoms with Crippen LogP contribution in [0.3, 0.4) is 0 Å². The lowest BCUT2D eigenvalue weighted by molar-refractivity contribution is -0.956. The minimum atomic E-state index is -5.77. The topological polar surface area (TPSA) is 367 Å². The van der Waals surface area contributed by atoms with Gasteiger partial charge in [0.2, 0.25) is 12.1 Å². The van der Waals surface area contributed by atoms with Crippen LogP contribution in [-0.2, 0) is 45.8 Å². The molecule has 5 rings (SSSR count). The first-order chi connectivity index (χ1) is 22.4. The number of fused-ring (bicyclic) bond motifs is 1. The number of rotatable bonds is 13. The number of piperidine rings is 1. The Bertz CT molecular complexity index is 1300. The number of phosphoric acid groups is 3. The predicted octanol–water partition coefficient (Wildman–Crippen LogP) is -8.24. The Morgan fingerprint density at radius 3 is 2.25 bits per heavy atom. The Kier molecular flexibility index (Phi) is 12.2. The summed E-state index contributed by atoms with van der Waals surface area (Å²) in [6.45, 7) is -1.06. The molecule has 0 aliphatic carbocycles. The molecule has 5 saturated heterocycles. The van der Waals surface area contributed by atoms with Gasteiger partial charge in [-0.3, -0.25) is 34.4 Å². The van der Waals surface area contributed by atoms with Crippen molar-refractivity contribution in [1.82, 2.24) is 20.9 Å². The van der Waals surface area contributed by atoms with E-state index in [0.29, 0.717) is 24.3 Å². The first kappa shape index (κ1) is 38.6. The molecule has 1 amide bonds. The van der Waals surface area contributed by atoms with Gasteiger partial charge in [-0.2, -0.15) is 0 Å². The zero-order chi connectivity index (χ0) is 35.2. The van der Waals surface area contributed by atoms with Crippen LogP contribution in [0, 0.1) is 5.92 Å². The number of hydrogen-bond donors (Lipinski definition) is 11. The van der Waals surface area contributed by atoms with Crippen molar-refractivity contribution < 1.29 is 85.6 Å². The molecule has 15 unspecified atom stereocenters. The summed E-state index contributed by atoms with van der Waals surface area (Å²) in [6.07, 6.45) is -12.2. The quantitative estimate of drug-likeness (QED) is 0.0777.